The van der Waals surface area contributed by atoms with Gasteiger partial charge in [-0.2, -0.15) is 5.26 Å². The van der Waals surface area contributed by atoms with Gasteiger partial charge < -0.3 is 5.73 Å². The molecule has 1 aromatic rings. The van der Waals surface area contributed by atoms with Crippen molar-refractivity contribution >= 4 is 11.8 Å². The van der Waals surface area contributed by atoms with Gasteiger partial charge in [0, 0.05) is 4.90 Å². The minimum absolute atomic E-state index is 0.655. The number of nitrogens with two attached hydrogens (primary N) is 1. The Kier molecular flexibility index (Phi) is 5.37. The summed E-state index contributed by atoms with van der Waals surface area (Å²) < 4.78 is 0. The topological polar surface area (TPSA) is 49.8 Å². The Labute approximate surface area is 102 Å². The van der Waals surface area contributed by atoms with Crippen molar-refractivity contribution in [1.82, 2.24) is 0 Å². The highest BCUT2D eigenvalue weighted by atomic mass is 32.2. The van der Waals surface area contributed by atoms with Gasteiger partial charge in [0.15, 0.2) is 0 Å². The summed E-state index contributed by atoms with van der Waals surface area (Å²) in [6.07, 6.45) is 2.90. The van der Waals surface area contributed by atoms with E-state index in [4.69, 9.17) is 11.0 Å². The van der Waals surface area contributed by atoms with Gasteiger partial charge in [0.1, 0.15) is 5.54 Å². The minimum Gasteiger partial charge on any atom is -0.314 e. The number of rotatable bonds is 6. The second-order valence-corrected chi connectivity index (χ2v) is 5.32. The summed E-state index contributed by atoms with van der Waals surface area (Å²) in [5.74, 6) is 1.09. The molecule has 86 valence electrons. The molecule has 2 nitrogen and oxygen atoms in total. The van der Waals surface area contributed by atoms with Crippen molar-refractivity contribution in [3.8, 4) is 6.07 Å². The van der Waals surface area contributed by atoms with Crippen LogP contribution in [0.3, 0.4) is 0 Å². The Bertz CT molecular complexity index is 341. The zero-order valence-corrected chi connectivity index (χ0v) is 10.5. The molecule has 0 saturated heterocycles. The SMILES string of the molecule is CC(N)(C#N)CCCCSc1ccccc1. The van der Waals surface area contributed by atoms with Gasteiger partial charge in [-0.3, -0.25) is 0 Å². The molecule has 1 aromatic carbocycles. The zero-order valence-electron chi connectivity index (χ0n) is 9.65. The smallest absolute Gasteiger partial charge is 0.101 e. The molecule has 0 heterocycles. The number of hydrogen-bond donors (Lipinski definition) is 1. The summed E-state index contributed by atoms with van der Waals surface area (Å²) in [5, 5.41) is 8.75. The molecule has 2 N–H and O–H groups in total. The molecule has 0 radical (unpaired) electrons. The van der Waals surface area contributed by atoms with Gasteiger partial charge in [0.2, 0.25) is 0 Å². The Morgan fingerprint density at radius 3 is 2.62 bits per heavy atom. The fourth-order valence-electron chi connectivity index (χ4n) is 1.36. The van der Waals surface area contributed by atoms with E-state index in [0.29, 0.717) is 0 Å². The predicted octanol–water partition coefficient (Wildman–Crippen LogP) is 3.19. The second kappa shape index (κ2) is 6.57. The van der Waals surface area contributed by atoms with Crippen LogP contribution < -0.4 is 5.73 Å². The highest BCUT2D eigenvalue weighted by molar-refractivity contribution is 7.99. The van der Waals surface area contributed by atoms with Crippen molar-refractivity contribution in [3.05, 3.63) is 30.3 Å². The van der Waals surface area contributed by atoms with Crippen LogP contribution in [0.1, 0.15) is 26.2 Å². The number of nitrogens with zero attached hydrogens (tertiary/aromatic N) is 1. The van der Waals surface area contributed by atoms with E-state index in [0.717, 1.165) is 25.0 Å². The van der Waals surface area contributed by atoms with Crippen molar-refractivity contribution < 1.29 is 0 Å². The maximum Gasteiger partial charge on any atom is 0.101 e. The lowest BCUT2D eigenvalue weighted by atomic mass is 9.99. The van der Waals surface area contributed by atoms with Crippen LogP contribution in [0, 0.1) is 11.3 Å². The monoisotopic (exact) mass is 234 g/mol. The van der Waals surface area contributed by atoms with Crippen molar-refractivity contribution in [1.29, 1.82) is 5.26 Å². The molecule has 0 spiro atoms. The second-order valence-electron chi connectivity index (χ2n) is 4.15. The Morgan fingerprint density at radius 1 is 1.31 bits per heavy atom. The predicted molar refractivity (Wildman–Crippen MR) is 69.2 cm³/mol. The number of thioether (sulfide) groups is 1. The van der Waals surface area contributed by atoms with E-state index in [9.17, 15) is 0 Å². The van der Waals surface area contributed by atoms with Gasteiger partial charge in [-0.05, 0) is 44.1 Å². The quantitative estimate of drug-likeness (QED) is 0.607. The molecular weight excluding hydrogens is 216 g/mol. The van der Waals surface area contributed by atoms with Gasteiger partial charge in [-0.25, -0.2) is 0 Å². The van der Waals surface area contributed by atoms with Gasteiger partial charge in [-0.1, -0.05) is 18.2 Å². The normalized spacial score (nSPS) is 14.1. The summed E-state index contributed by atoms with van der Waals surface area (Å²) in [6.45, 7) is 1.79. The molecule has 0 aliphatic rings. The van der Waals surface area contributed by atoms with Crippen LogP contribution in [0.15, 0.2) is 35.2 Å². The Hall–Kier alpha value is -0.980. The molecule has 0 bridgehead atoms. The van der Waals surface area contributed by atoms with E-state index in [-0.39, 0.29) is 0 Å². The maximum absolute atomic E-state index is 8.75. The lowest BCUT2D eigenvalue weighted by Gasteiger charge is -2.14. The lowest BCUT2D eigenvalue weighted by Crippen LogP contribution is -2.33. The molecule has 0 saturated carbocycles. The highest BCUT2D eigenvalue weighted by Gasteiger charge is 2.15. The van der Waals surface area contributed by atoms with Crippen LogP contribution >= 0.6 is 11.8 Å². The Balaban J connectivity index is 2.12. The van der Waals surface area contributed by atoms with E-state index < -0.39 is 5.54 Å². The third kappa shape index (κ3) is 5.20. The van der Waals surface area contributed by atoms with E-state index in [1.165, 1.54) is 4.90 Å². The van der Waals surface area contributed by atoms with Gasteiger partial charge in [0.05, 0.1) is 6.07 Å². The molecule has 16 heavy (non-hydrogen) atoms. The van der Waals surface area contributed by atoms with E-state index in [1.54, 1.807) is 6.92 Å². The molecule has 3 heteroatoms. The molecule has 1 rings (SSSR count). The van der Waals surface area contributed by atoms with Gasteiger partial charge in [-0.15, -0.1) is 11.8 Å². The van der Waals surface area contributed by atoms with E-state index in [2.05, 4.69) is 30.3 Å². The van der Waals surface area contributed by atoms with E-state index >= 15 is 0 Å². The molecule has 0 aliphatic heterocycles. The van der Waals surface area contributed by atoms with Crippen LogP contribution in [0.25, 0.3) is 0 Å². The molecule has 1 atom stereocenters. The summed E-state index contributed by atoms with van der Waals surface area (Å²) in [6, 6.07) is 12.5. The van der Waals surface area contributed by atoms with Crippen LogP contribution in [0.5, 0.6) is 0 Å². The first-order valence-electron chi connectivity index (χ1n) is 5.52. The lowest BCUT2D eigenvalue weighted by molar-refractivity contribution is 0.519. The molecule has 0 amide bonds. The first-order chi connectivity index (χ1) is 7.64. The van der Waals surface area contributed by atoms with Crippen molar-refractivity contribution in [2.24, 2.45) is 5.73 Å². The standard InChI is InChI=1S/C13H18N2S/c1-13(15,11-14)9-5-6-10-16-12-7-3-2-4-8-12/h2-4,7-8H,5-6,9-10,15H2,1H3. The summed E-state index contributed by atoms with van der Waals surface area (Å²) in [7, 11) is 0. The first-order valence-corrected chi connectivity index (χ1v) is 6.50. The molecule has 0 aromatic heterocycles. The third-order valence-electron chi connectivity index (χ3n) is 2.36. The fourth-order valence-corrected chi connectivity index (χ4v) is 2.29. The molecule has 1 unspecified atom stereocenters. The zero-order chi connectivity index (χ0) is 11.9. The Morgan fingerprint density at radius 2 is 2.00 bits per heavy atom. The summed E-state index contributed by atoms with van der Waals surface area (Å²) in [5.41, 5.74) is 5.09. The van der Waals surface area contributed by atoms with Crippen LogP contribution in [-0.4, -0.2) is 11.3 Å². The average Bonchev–Trinajstić information content (AvgIpc) is 2.30. The minimum atomic E-state index is -0.655. The van der Waals surface area contributed by atoms with E-state index in [1.807, 2.05) is 17.8 Å². The van der Waals surface area contributed by atoms with Crippen molar-refractivity contribution in [2.45, 2.75) is 36.6 Å². The fraction of sp³-hybridized carbons (Fsp3) is 0.462. The number of nitriles is 1. The average molecular weight is 234 g/mol. The number of hydrogen-bond acceptors (Lipinski definition) is 3. The highest BCUT2D eigenvalue weighted by Crippen LogP contribution is 2.19. The van der Waals surface area contributed by atoms with Crippen molar-refractivity contribution in [2.75, 3.05) is 5.75 Å². The summed E-state index contributed by atoms with van der Waals surface area (Å²) >= 11 is 1.85. The summed E-state index contributed by atoms with van der Waals surface area (Å²) in [4.78, 5) is 1.30. The molecule has 0 aliphatic carbocycles. The first kappa shape index (κ1) is 13.1. The van der Waals surface area contributed by atoms with Gasteiger partial charge in [0.25, 0.3) is 0 Å². The number of unbranched alkanes of at least 4 members (excludes halogenated alkanes) is 1. The molecule has 0 fully saturated rings. The van der Waals surface area contributed by atoms with Crippen LogP contribution in [0.2, 0.25) is 0 Å². The molecular formula is C13H18N2S. The van der Waals surface area contributed by atoms with Crippen molar-refractivity contribution in [3.63, 3.8) is 0 Å². The van der Waals surface area contributed by atoms with Crippen LogP contribution in [0.4, 0.5) is 0 Å². The largest absolute Gasteiger partial charge is 0.314 e. The third-order valence-corrected chi connectivity index (χ3v) is 3.46. The number of benzene rings is 1. The maximum atomic E-state index is 8.75. The van der Waals surface area contributed by atoms with Crippen LogP contribution in [-0.2, 0) is 0 Å². The van der Waals surface area contributed by atoms with Gasteiger partial charge >= 0.3 is 0 Å².